The van der Waals surface area contributed by atoms with Crippen molar-refractivity contribution in [3.8, 4) is 0 Å². The first kappa shape index (κ1) is 16.7. The molecule has 0 aromatic heterocycles. The van der Waals surface area contributed by atoms with Crippen molar-refractivity contribution in [2.24, 2.45) is 5.92 Å². The number of hydrogen-bond acceptors (Lipinski definition) is 2. The van der Waals surface area contributed by atoms with Crippen molar-refractivity contribution in [3.05, 3.63) is 29.8 Å². The Morgan fingerprint density at radius 1 is 1.16 bits per heavy atom. The third-order valence-corrected chi connectivity index (χ3v) is 5.25. The van der Waals surface area contributed by atoms with Gasteiger partial charge in [0, 0.05) is 11.4 Å². The molecule has 0 heterocycles. The number of rotatable bonds is 6. The summed E-state index contributed by atoms with van der Waals surface area (Å²) in [5.74, 6) is 0.862. The largest absolute Gasteiger partial charge is 0.240 e. The average molecular weight is 348 g/mol. The van der Waals surface area contributed by atoms with E-state index in [9.17, 15) is 8.42 Å². The highest BCUT2D eigenvalue weighted by Gasteiger charge is 2.21. The summed E-state index contributed by atoms with van der Waals surface area (Å²) in [7, 11) is -3.36. The van der Waals surface area contributed by atoms with Crippen molar-refractivity contribution in [1.29, 1.82) is 0 Å². The molecule has 0 saturated carbocycles. The zero-order chi connectivity index (χ0) is 14.6. The van der Waals surface area contributed by atoms with Crippen LogP contribution < -0.4 is 4.72 Å². The monoisotopic (exact) mass is 347 g/mol. The molecule has 0 saturated heterocycles. The second-order valence-electron chi connectivity index (χ2n) is 5.02. The highest BCUT2D eigenvalue weighted by Crippen LogP contribution is 2.32. The molecule has 1 aromatic rings. The van der Waals surface area contributed by atoms with Gasteiger partial charge >= 0.3 is 0 Å². The van der Waals surface area contributed by atoms with E-state index in [-0.39, 0.29) is 0 Å². The lowest BCUT2D eigenvalue weighted by molar-refractivity contribution is 0.498. The average Bonchev–Trinajstić information content (AvgIpc) is 2.28. The zero-order valence-corrected chi connectivity index (χ0v) is 14.3. The van der Waals surface area contributed by atoms with Gasteiger partial charge in [0.1, 0.15) is 0 Å². The van der Waals surface area contributed by atoms with Crippen LogP contribution in [0.25, 0.3) is 0 Å². The van der Waals surface area contributed by atoms with Gasteiger partial charge < -0.3 is 0 Å². The fourth-order valence-corrected chi connectivity index (χ4v) is 4.28. The van der Waals surface area contributed by atoms with E-state index in [1.165, 1.54) is 0 Å². The van der Waals surface area contributed by atoms with E-state index >= 15 is 0 Å². The molecule has 19 heavy (non-hydrogen) atoms. The molecule has 1 N–H and O–H groups in total. The quantitative estimate of drug-likeness (QED) is 0.800. The summed E-state index contributed by atoms with van der Waals surface area (Å²) in [5, 5.41) is 0. The smallest absolute Gasteiger partial charge is 0.211 e. The maximum absolute atomic E-state index is 11.9. The number of nitrogens with one attached hydrogen (secondary N) is 1. The van der Waals surface area contributed by atoms with Gasteiger partial charge in [-0.2, -0.15) is 0 Å². The fourth-order valence-electron chi connectivity index (χ4n) is 2.32. The molecule has 0 amide bonds. The van der Waals surface area contributed by atoms with Crippen LogP contribution in [0.5, 0.6) is 0 Å². The van der Waals surface area contributed by atoms with Gasteiger partial charge in [-0.1, -0.05) is 55.8 Å². The van der Waals surface area contributed by atoms with E-state index < -0.39 is 10.0 Å². The summed E-state index contributed by atoms with van der Waals surface area (Å²) < 4.78 is 26.2. The number of benzene rings is 1. The highest BCUT2D eigenvalue weighted by atomic mass is 79.9. The summed E-state index contributed by atoms with van der Waals surface area (Å²) >= 11 is 3.63. The molecule has 3 nitrogen and oxygen atoms in total. The van der Waals surface area contributed by atoms with Gasteiger partial charge in [-0.25, -0.2) is 13.1 Å². The molecule has 0 radical (unpaired) electrons. The Morgan fingerprint density at radius 3 is 2.05 bits per heavy atom. The van der Waals surface area contributed by atoms with Gasteiger partial charge in [-0.3, -0.25) is 0 Å². The minimum absolute atomic E-state index is 0.322. The van der Waals surface area contributed by atoms with Gasteiger partial charge in [0.15, 0.2) is 0 Å². The van der Waals surface area contributed by atoms with Crippen molar-refractivity contribution in [3.63, 3.8) is 0 Å². The summed E-state index contributed by atoms with van der Waals surface area (Å²) in [6, 6.07) is 7.18. The molecule has 0 aliphatic rings. The topological polar surface area (TPSA) is 46.2 Å². The van der Waals surface area contributed by atoms with Crippen LogP contribution in [0, 0.1) is 5.92 Å². The lowest BCUT2D eigenvalue weighted by atomic mass is 9.86. The van der Waals surface area contributed by atoms with Gasteiger partial charge in [0.2, 0.25) is 10.0 Å². The molecule has 1 aromatic carbocycles. The van der Waals surface area contributed by atoms with Gasteiger partial charge in [-0.05, 0) is 29.5 Å². The van der Waals surface area contributed by atoms with Crippen molar-refractivity contribution >= 4 is 26.0 Å². The van der Waals surface area contributed by atoms with Crippen LogP contribution in [0.15, 0.2) is 29.2 Å². The molecule has 5 heteroatoms. The number of alkyl halides is 1. The fraction of sp³-hybridized carbons (Fsp3) is 0.571. The van der Waals surface area contributed by atoms with Crippen LogP contribution in [-0.4, -0.2) is 19.8 Å². The third kappa shape index (κ3) is 4.29. The molecule has 2 unspecified atom stereocenters. The second-order valence-corrected chi connectivity index (χ2v) is 8.23. The minimum atomic E-state index is -3.36. The lowest BCUT2D eigenvalue weighted by Gasteiger charge is -2.24. The third-order valence-electron chi connectivity index (χ3n) is 3.12. The number of hydrogen-bond donors (Lipinski definition) is 1. The first-order valence-electron chi connectivity index (χ1n) is 6.53. The molecular formula is C14H22BrNO2S. The molecule has 0 aliphatic carbocycles. The summed E-state index contributed by atoms with van der Waals surface area (Å²) in [6.07, 6.45) is 0. The van der Waals surface area contributed by atoms with E-state index in [0.29, 0.717) is 28.1 Å². The van der Waals surface area contributed by atoms with Crippen LogP contribution in [-0.2, 0) is 10.0 Å². The van der Waals surface area contributed by atoms with Crippen LogP contribution >= 0.6 is 15.9 Å². The Morgan fingerprint density at radius 2 is 1.68 bits per heavy atom. The molecular weight excluding hydrogens is 326 g/mol. The van der Waals surface area contributed by atoms with E-state index in [2.05, 4.69) is 41.4 Å². The second kappa shape index (κ2) is 6.86. The molecule has 0 fully saturated rings. The Hall–Kier alpha value is -0.390. The predicted octanol–water partition coefficient (Wildman–Crippen LogP) is 3.51. The Labute approximate surface area is 125 Å². The maximum Gasteiger partial charge on any atom is 0.240 e. The Bertz CT molecular complexity index is 487. The first-order valence-corrected chi connectivity index (χ1v) is 8.93. The van der Waals surface area contributed by atoms with Crippen LogP contribution in [0.3, 0.4) is 0 Å². The zero-order valence-electron chi connectivity index (χ0n) is 11.9. The van der Waals surface area contributed by atoms with E-state index in [4.69, 9.17) is 0 Å². The first-order chi connectivity index (χ1) is 8.79. The molecule has 0 spiro atoms. The van der Waals surface area contributed by atoms with Crippen molar-refractivity contribution < 1.29 is 8.42 Å². The lowest BCUT2D eigenvalue weighted by Crippen LogP contribution is -2.23. The molecule has 1 rings (SSSR count). The van der Waals surface area contributed by atoms with Crippen LogP contribution in [0.2, 0.25) is 0 Å². The van der Waals surface area contributed by atoms with Gasteiger partial charge in [0.05, 0.1) is 4.90 Å². The Kier molecular flexibility index (Phi) is 6.02. The molecule has 108 valence electrons. The van der Waals surface area contributed by atoms with Crippen molar-refractivity contribution in [2.45, 2.75) is 43.3 Å². The van der Waals surface area contributed by atoms with E-state index in [1.807, 2.05) is 12.1 Å². The molecule has 0 bridgehead atoms. The summed E-state index contributed by atoms with van der Waals surface area (Å²) in [4.78, 5) is 0.673. The van der Waals surface area contributed by atoms with Crippen LogP contribution in [0.4, 0.5) is 0 Å². The van der Waals surface area contributed by atoms with Crippen molar-refractivity contribution in [1.82, 2.24) is 4.72 Å². The maximum atomic E-state index is 11.9. The molecule has 0 aliphatic heterocycles. The van der Waals surface area contributed by atoms with Gasteiger partial charge in [0.25, 0.3) is 0 Å². The van der Waals surface area contributed by atoms with Gasteiger partial charge in [-0.15, -0.1) is 0 Å². The SMILES string of the molecule is CCNS(=O)(=O)c1ccc(C(C(C)C)C(C)Br)cc1. The highest BCUT2D eigenvalue weighted by molar-refractivity contribution is 9.09. The van der Waals surface area contributed by atoms with E-state index in [0.717, 1.165) is 5.56 Å². The Balaban J connectivity index is 3.05. The molecule has 2 atom stereocenters. The number of sulfonamides is 1. The van der Waals surface area contributed by atoms with E-state index in [1.54, 1.807) is 19.1 Å². The summed E-state index contributed by atoms with van der Waals surface area (Å²) in [6.45, 7) is 8.63. The number of halogens is 1. The minimum Gasteiger partial charge on any atom is -0.211 e. The van der Waals surface area contributed by atoms with Crippen LogP contribution in [0.1, 0.15) is 39.2 Å². The summed E-state index contributed by atoms with van der Waals surface area (Å²) in [5.41, 5.74) is 1.16. The normalized spacial score (nSPS) is 15.5. The van der Waals surface area contributed by atoms with Crippen molar-refractivity contribution in [2.75, 3.05) is 6.54 Å². The predicted molar refractivity (Wildman–Crippen MR) is 83.3 cm³/mol. The standard InChI is InChI=1S/C14H22BrNO2S/c1-5-16-19(17,18)13-8-6-12(7-9-13)14(10(2)3)11(4)15/h6-11,14,16H,5H2,1-4H3.